The van der Waals surface area contributed by atoms with Crippen molar-refractivity contribution in [3.8, 4) is 0 Å². The lowest BCUT2D eigenvalue weighted by Crippen LogP contribution is -2.58. The molecule has 3 heterocycles. The molecule has 1 aromatic heterocycles. The van der Waals surface area contributed by atoms with Gasteiger partial charge in [-0.05, 0) is 123 Å². The van der Waals surface area contributed by atoms with Gasteiger partial charge in [0, 0.05) is 32.4 Å². The molecule has 0 radical (unpaired) electrons. The zero-order valence-electron chi connectivity index (χ0n) is 38.0. The van der Waals surface area contributed by atoms with Crippen LogP contribution in [-0.2, 0) is 10.8 Å². The number of anilines is 3. The number of nitrogens with zero attached hydrogens (tertiary/aromatic N) is 2. The van der Waals surface area contributed by atoms with Gasteiger partial charge >= 0.3 is 0 Å². The lowest BCUT2D eigenvalue weighted by molar-refractivity contribution is 0.339. The number of thiophene rings is 1. The first kappa shape index (κ1) is 40.9. The van der Waals surface area contributed by atoms with Crippen LogP contribution in [0.4, 0.5) is 17.1 Å². The van der Waals surface area contributed by atoms with E-state index in [1.54, 1.807) is 32.0 Å². The molecule has 0 saturated heterocycles. The van der Waals surface area contributed by atoms with E-state index in [2.05, 4.69) is 187 Å². The third-order valence-electron chi connectivity index (χ3n) is 13.6. The minimum Gasteiger partial charge on any atom is -0.339 e. The SMILES string of the molecule is C=C/C=C(\C=C(\C(C)C)N1c2cc(C)cc3c2B(C2=C(CCC(C(C)(C)C)=C2)N3C2C=CC(C(C)(C)C)=CC2)c2sc3c(c21)C(C)(C)CCC3(C)C)C(C)(C)C. The third kappa shape index (κ3) is 6.82. The van der Waals surface area contributed by atoms with Crippen molar-refractivity contribution in [2.45, 2.75) is 160 Å². The van der Waals surface area contributed by atoms with Crippen LogP contribution in [0.5, 0.6) is 0 Å². The molecule has 0 amide bonds. The molecule has 0 saturated carbocycles. The number of rotatable bonds is 5. The Morgan fingerprint density at radius 3 is 2.16 bits per heavy atom. The summed E-state index contributed by atoms with van der Waals surface area (Å²) in [6, 6.07) is 5.35. The second-order valence-corrected chi connectivity index (χ2v) is 23.4. The van der Waals surface area contributed by atoms with E-state index < -0.39 is 0 Å². The lowest BCUT2D eigenvalue weighted by atomic mass is 9.34. The second-order valence-electron chi connectivity index (χ2n) is 22.4. The van der Waals surface area contributed by atoms with E-state index in [0.29, 0.717) is 5.92 Å². The first-order valence-corrected chi connectivity index (χ1v) is 22.5. The van der Waals surface area contributed by atoms with E-state index in [1.807, 2.05) is 6.08 Å². The molecule has 0 bridgehead atoms. The molecule has 2 nitrogen and oxygen atoms in total. The summed E-state index contributed by atoms with van der Waals surface area (Å²) in [6.45, 7) is 42.9. The van der Waals surface area contributed by atoms with Crippen LogP contribution in [-0.4, -0.2) is 12.8 Å². The molecule has 2 aliphatic heterocycles. The van der Waals surface area contributed by atoms with Crippen molar-refractivity contribution in [3.05, 3.63) is 111 Å². The average Bonchev–Trinajstić information content (AvgIpc) is 3.50. The van der Waals surface area contributed by atoms with Crippen LogP contribution in [0.1, 0.15) is 152 Å². The van der Waals surface area contributed by atoms with Crippen LogP contribution in [0.15, 0.2) is 94.8 Å². The van der Waals surface area contributed by atoms with Crippen LogP contribution in [0, 0.1) is 29.1 Å². The Hall–Kier alpha value is -3.24. The van der Waals surface area contributed by atoms with Crippen molar-refractivity contribution in [2.24, 2.45) is 22.2 Å². The lowest BCUT2D eigenvalue weighted by Gasteiger charge is -2.49. The molecule has 0 N–H and O–H groups in total. The van der Waals surface area contributed by atoms with Gasteiger partial charge in [0.15, 0.2) is 0 Å². The molecule has 0 spiro atoms. The van der Waals surface area contributed by atoms with Gasteiger partial charge in [0.05, 0.1) is 11.7 Å². The standard InChI is InChI=1S/C52H71BN2S/c1-18-19-35(49(8,9)10)31-40(32(2)3)55-42-29-33(4)28-41-44(42)53(47-45(55)43-46(56-47)52(16,17)27-26-51(43,14)15)38-30-36(50(11,12)13)22-25-39(38)54(41)37-23-20-34(21-24-37)48(5,6)7/h18-21,23,28-32,37H,1,22,24-27H2,2-17H3/b35-19+,40-31-. The maximum atomic E-state index is 4.18. The Morgan fingerprint density at radius 2 is 1.59 bits per heavy atom. The minimum absolute atomic E-state index is 0.0314. The molecule has 298 valence electrons. The highest BCUT2D eigenvalue weighted by Crippen LogP contribution is 2.57. The van der Waals surface area contributed by atoms with Crippen molar-refractivity contribution >= 4 is 45.4 Å². The molecule has 1 aromatic carbocycles. The van der Waals surface area contributed by atoms with Gasteiger partial charge in [-0.3, -0.25) is 0 Å². The maximum absolute atomic E-state index is 4.18. The smallest absolute Gasteiger partial charge is 0.264 e. The van der Waals surface area contributed by atoms with Crippen molar-refractivity contribution < 1.29 is 0 Å². The zero-order chi connectivity index (χ0) is 41.1. The topological polar surface area (TPSA) is 6.48 Å². The average molecular weight is 767 g/mol. The first-order chi connectivity index (χ1) is 25.9. The van der Waals surface area contributed by atoms with Crippen molar-refractivity contribution in [1.82, 2.24) is 0 Å². The summed E-state index contributed by atoms with van der Waals surface area (Å²) in [5.74, 6) is 0.292. The third-order valence-corrected chi connectivity index (χ3v) is 15.2. The fourth-order valence-electron chi connectivity index (χ4n) is 10.1. The van der Waals surface area contributed by atoms with Crippen LogP contribution in [0.2, 0.25) is 0 Å². The summed E-state index contributed by atoms with van der Waals surface area (Å²) in [5.41, 5.74) is 17.9. The highest BCUT2D eigenvalue weighted by Gasteiger charge is 2.52. The number of hydrogen-bond acceptors (Lipinski definition) is 3. The van der Waals surface area contributed by atoms with Gasteiger partial charge in [-0.15, -0.1) is 0 Å². The summed E-state index contributed by atoms with van der Waals surface area (Å²) in [4.78, 5) is 7.20. The normalized spacial score (nSPS) is 22.1. The van der Waals surface area contributed by atoms with E-state index in [9.17, 15) is 0 Å². The molecular formula is C52H71BN2S. The number of hydrogen-bond donors (Lipinski definition) is 0. The van der Waals surface area contributed by atoms with Gasteiger partial charge in [0.2, 0.25) is 0 Å². The Kier molecular flexibility index (Phi) is 10.00. The fraction of sp³-hybridized carbons (Fsp3) is 0.538. The fourth-order valence-corrected chi connectivity index (χ4v) is 11.8. The van der Waals surface area contributed by atoms with Crippen molar-refractivity contribution in [3.63, 3.8) is 0 Å². The van der Waals surface area contributed by atoms with Gasteiger partial charge < -0.3 is 9.80 Å². The summed E-state index contributed by atoms with van der Waals surface area (Å²) in [6.07, 6.45) is 22.5. The molecule has 0 fully saturated rings. The Balaban J connectivity index is 1.61. The largest absolute Gasteiger partial charge is 0.339 e. The molecular weight excluding hydrogens is 695 g/mol. The molecule has 1 atom stereocenters. The molecule has 2 aromatic rings. The highest BCUT2D eigenvalue weighted by molar-refractivity contribution is 7.28. The predicted octanol–water partition coefficient (Wildman–Crippen LogP) is 13.8. The van der Waals surface area contributed by atoms with Gasteiger partial charge in [0.25, 0.3) is 6.71 Å². The highest BCUT2D eigenvalue weighted by atomic mass is 32.1. The monoisotopic (exact) mass is 767 g/mol. The second kappa shape index (κ2) is 13.7. The Morgan fingerprint density at radius 1 is 0.929 bits per heavy atom. The maximum Gasteiger partial charge on any atom is 0.264 e. The van der Waals surface area contributed by atoms with E-state index in [-0.39, 0.29) is 39.8 Å². The van der Waals surface area contributed by atoms with Crippen LogP contribution < -0.4 is 20.0 Å². The van der Waals surface area contributed by atoms with Gasteiger partial charge in [-0.25, -0.2) is 0 Å². The Bertz CT molecular complexity index is 2150. The summed E-state index contributed by atoms with van der Waals surface area (Å²) in [5, 5.41) is 0. The number of fused-ring (bicyclic) bond motifs is 5. The van der Waals surface area contributed by atoms with Crippen LogP contribution in [0.25, 0.3) is 0 Å². The minimum atomic E-state index is -0.0314. The summed E-state index contributed by atoms with van der Waals surface area (Å²) >= 11 is 2.16. The van der Waals surface area contributed by atoms with Crippen molar-refractivity contribution in [1.29, 1.82) is 0 Å². The van der Waals surface area contributed by atoms with Crippen molar-refractivity contribution in [2.75, 3.05) is 9.80 Å². The van der Waals surface area contributed by atoms with E-state index in [0.717, 1.165) is 19.3 Å². The molecule has 1 unspecified atom stereocenters. The molecule has 7 rings (SSSR count). The number of aryl methyl sites for hydroxylation is 1. The van der Waals surface area contributed by atoms with Gasteiger partial charge in [-0.1, -0.05) is 152 Å². The van der Waals surface area contributed by atoms with E-state index in [4.69, 9.17) is 0 Å². The van der Waals surface area contributed by atoms with Crippen LogP contribution >= 0.6 is 11.3 Å². The number of allylic oxidation sites excluding steroid dienone is 11. The summed E-state index contributed by atoms with van der Waals surface area (Å²) < 4.78 is 1.56. The Labute approximate surface area is 346 Å². The predicted molar refractivity (Wildman–Crippen MR) is 250 cm³/mol. The summed E-state index contributed by atoms with van der Waals surface area (Å²) in [7, 11) is 0. The molecule has 3 aliphatic carbocycles. The van der Waals surface area contributed by atoms with E-state index in [1.165, 1.54) is 57.8 Å². The van der Waals surface area contributed by atoms with Gasteiger partial charge in [0.1, 0.15) is 0 Å². The molecule has 5 aliphatic rings. The zero-order valence-corrected chi connectivity index (χ0v) is 38.8. The van der Waals surface area contributed by atoms with E-state index >= 15 is 0 Å². The molecule has 56 heavy (non-hydrogen) atoms. The molecule has 4 heteroatoms. The number of benzene rings is 1. The van der Waals surface area contributed by atoms with Crippen LogP contribution in [0.3, 0.4) is 0 Å². The quantitative estimate of drug-likeness (QED) is 0.221. The first-order valence-electron chi connectivity index (χ1n) is 21.7. The van der Waals surface area contributed by atoms with Gasteiger partial charge in [-0.2, -0.15) is 11.3 Å².